The van der Waals surface area contributed by atoms with E-state index < -0.39 is 23.5 Å². The van der Waals surface area contributed by atoms with Crippen molar-refractivity contribution in [1.29, 1.82) is 0 Å². The number of aromatic hydroxyl groups is 1. The maximum atomic E-state index is 13.5. The fourth-order valence-electron chi connectivity index (χ4n) is 4.11. The van der Waals surface area contributed by atoms with Gasteiger partial charge < -0.3 is 29.2 Å². The summed E-state index contributed by atoms with van der Waals surface area (Å²) < 4.78 is 11.0. The van der Waals surface area contributed by atoms with Crippen molar-refractivity contribution in [3.05, 3.63) is 71.2 Å². The minimum Gasteiger partial charge on any atom is -0.504 e. The first-order valence-electron chi connectivity index (χ1n) is 10.6. The van der Waals surface area contributed by atoms with Crippen LogP contribution in [0.25, 0.3) is 11.0 Å². The molecule has 1 aromatic heterocycles. The SMILES string of the molecule is COc1cc(C2C(C(=O)c3cc4ccccc4o3)=C(O)C(=O)N2CCCN(C)C)ccc1O. The van der Waals surface area contributed by atoms with Gasteiger partial charge in [-0.1, -0.05) is 24.3 Å². The van der Waals surface area contributed by atoms with Crippen LogP contribution in [-0.2, 0) is 4.79 Å². The van der Waals surface area contributed by atoms with Gasteiger partial charge in [0.1, 0.15) is 5.58 Å². The predicted molar refractivity (Wildman–Crippen MR) is 122 cm³/mol. The van der Waals surface area contributed by atoms with Gasteiger partial charge in [0, 0.05) is 11.9 Å². The number of nitrogens with zero attached hydrogens (tertiary/aromatic N) is 2. The number of ether oxygens (including phenoxy) is 1. The van der Waals surface area contributed by atoms with E-state index >= 15 is 0 Å². The van der Waals surface area contributed by atoms with Crippen LogP contribution in [0.1, 0.15) is 28.6 Å². The van der Waals surface area contributed by atoms with Crippen LogP contribution in [0.15, 0.2) is 64.3 Å². The Balaban J connectivity index is 1.78. The molecule has 4 rings (SSSR count). The van der Waals surface area contributed by atoms with E-state index in [1.54, 1.807) is 30.3 Å². The van der Waals surface area contributed by atoms with Gasteiger partial charge in [-0.05, 0) is 56.9 Å². The summed E-state index contributed by atoms with van der Waals surface area (Å²) in [7, 11) is 5.28. The number of hydrogen-bond acceptors (Lipinski definition) is 7. The molecule has 1 amide bonds. The second-order valence-corrected chi connectivity index (χ2v) is 8.23. The molecule has 0 saturated heterocycles. The number of phenols is 1. The molecule has 2 heterocycles. The molecule has 8 nitrogen and oxygen atoms in total. The third-order valence-corrected chi connectivity index (χ3v) is 5.72. The highest BCUT2D eigenvalue weighted by Gasteiger charge is 2.44. The van der Waals surface area contributed by atoms with Crippen LogP contribution in [0.2, 0.25) is 0 Å². The van der Waals surface area contributed by atoms with Crippen molar-refractivity contribution in [1.82, 2.24) is 9.80 Å². The lowest BCUT2D eigenvalue weighted by atomic mass is 9.94. The number of Topliss-reactive ketones (excluding diaryl/α,β-unsaturated/α-hetero) is 1. The number of benzene rings is 2. The van der Waals surface area contributed by atoms with Gasteiger partial charge in [-0.3, -0.25) is 9.59 Å². The topological polar surface area (TPSA) is 103 Å². The molecule has 1 atom stereocenters. The highest BCUT2D eigenvalue weighted by atomic mass is 16.5. The van der Waals surface area contributed by atoms with Crippen molar-refractivity contribution in [2.75, 3.05) is 34.3 Å². The van der Waals surface area contributed by atoms with Gasteiger partial charge in [-0.2, -0.15) is 0 Å². The van der Waals surface area contributed by atoms with Crippen molar-refractivity contribution < 1.29 is 29.0 Å². The Morgan fingerprint density at radius 3 is 2.61 bits per heavy atom. The number of aliphatic hydroxyl groups excluding tert-OH is 1. The van der Waals surface area contributed by atoms with Gasteiger partial charge in [-0.25, -0.2) is 0 Å². The average molecular weight is 450 g/mol. The Hall–Kier alpha value is -3.78. The minimum atomic E-state index is -0.852. The number of methoxy groups -OCH3 is 1. The van der Waals surface area contributed by atoms with Crippen molar-refractivity contribution >= 4 is 22.7 Å². The first kappa shape index (κ1) is 22.4. The molecule has 1 aliphatic rings. The Kier molecular flexibility index (Phi) is 6.11. The lowest BCUT2D eigenvalue weighted by molar-refractivity contribution is -0.129. The van der Waals surface area contributed by atoms with Crippen molar-refractivity contribution in [3.63, 3.8) is 0 Å². The van der Waals surface area contributed by atoms with E-state index in [0.29, 0.717) is 24.1 Å². The Morgan fingerprint density at radius 2 is 1.91 bits per heavy atom. The number of rotatable bonds is 8. The maximum Gasteiger partial charge on any atom is 0.290 e. The van der Waals surface area contributed by atoms with E-state index in [-0.39, 0.29) is 22.8 Å². The molecule has 2 aromatic carbocycles. The summed E-state index contributed by atoms with van der Waals surface area (Å²) in [6.07, 6.45) is 0.643. The highest BCUT2D eigenvalue weighted by Crippen LogP contribution is 2.42. The second-order valence-electron chi connectivity index (χ2n) is 8.23. The average Bonchev–Trinajstić information content (AvgIpc) is 3.34. The monoisotopic (exact) mass is 450 g/mol. The van der Waals surface area contributed by atoms with Crippen LogP contribution in [0.3, 0.4) is 0 Å². The van der Waals surface area contributed by atoms with Crippen LogP contribution >= 0.6 is 0 Å². The molecule has 0 fully saturated rings. The standard InChI is InChI=1S/C25H26N2O6/c1-26(2)11-6-12-27-22(16-9-10-17(28)19(14-16)32-3)21(24(30)25(27)31)23(29)20-13-15-7-4-5-8-18(15)33-20/h4-5,7-10,13-14,22,28,30H,6,11-12H2,1-3H3. The molecule has 1 aliphatic heterocycles. The Bertz CT molecular complexity index is 1210. The summed E-state index contributed by atoms with van der Waals surface area (Å²) in [4.78, 5) is 30.0. The first-order valence-corrected chi connectivity index (χ1v) is 10.6. The van der Waals surface area contributed by atoms with E-state index in [4.69, 9.17) is 9.15 Å². The van der Waals surface area contributed by atoms with Crippen molar-refractivity contribution in [3.8, 4) is 11.5 Å². The number of hydrogen-bond donors (Lipinski definition) is 2. The molecule has 3 aromatic rings. The Labute approximate surface area is 191 Å². The van der Waals surface area contributed by atoms with Crippen molar-refractivity contribution in [2.45, 2.75) is 12.5 Å². The largest absolute Gasteiger partial charge is 0.504 e. The van der Waals surface area contributed by atoms with E-state index in [0.717, 1.165) is 11.9 Å². The highest BCUT2D eigenvalue weighted by molar-refractivity contribution is 6.16. The summed E-state index contributed by atoms with van der Waals surface area (Å²) in [6.45, 7) is 1.05. The van der Waals surface area contributed by atoms with Crippen LogP contribution in [0.4, 0.5) is 0 Å². The summed E-state index contributed by atoms with van der Waals surface area (Å²) in [6, 6.07) is 12.6. The van der Waals surface area contributed by atoms with Crippen LogP contribution in [-0.4, -0.2) is 66.0 Å². The molecule has 0 radical (unpaired) electrons. The lowest BCUT2D eigenvalue weighted by Gasteiger charge is -2.27. The van der Waals surface area contributed by atoms with Gasteiger partial charge in [0.2, 0.25) is 5.78 Å². The van der Waals surface area contributed by atoms with Gasteiger partial charge >= 0.3 is 0 Å². The third-order valence-electron chi connectivity index (χ3n) is 5.72. The summed E-state index contributed by atoms with van der Waals surface area (Å²) >= 11 is 0. The van der Waals surface area contributed by atoms with E-state index in [9.17, 15) is 19.8 Å². The van der Waals surface area contributed by atoms with Crippen LogP contribution < -0.4 is 4.74 Å². The van der Waals surface area contributed by atoms with Gasteiger partial charge in [0.15, 0.2) is 23.0 Å². The molecular weight excluding hydrogens is 424 g/mol. The first-order chi connectivity index (χ1) is 15.8. The van der Waals surface area contributed by atoms with E-state index in [1.165, 1.54) is 18.1 Å². The number of fused-ring (bicyclic) bond motifs is 1. The number of furan rings is 1. The fraction of sp³-hybridized carbons (Fsp3) is 0.280. The van der Waals surface area contributed by atoms with E-state index in [2.05, 4.69) is 0 Å². The number of carbonyl (C=O) groups excluding carboxylic acids is 2. The summed E-state index contributed by atoms with van der Waals surface area (Å²) in [5, 5.41) is 21.6. The fourth-order valence-corrected chi connectivity index (χ4v) is 4.11. The number of para-hydroxylation sites is 1. The molecule has 33 heavy (non-hydrogen) atoms. The van der Waals surface area contributed by atoms with Gasteiger partial charge in [0.25, 0.3) is 5.91 Å². The number of amides is 1. The smallest absolute Gasteiger partial charge is 0.290 e. The third kappa shape index (κ3) is 4.17. The zero-order valence-corrected chi connectivity index (χ0v) is 18.7. The normalized spacial score (nSPS) is 16.3. The minimum absolute atomic E-state index is 0.0384. The number of phenolic OH excluding ortho intramolecular Hbond substituents is 1. The predicted octanol–water partition coefficient (Wildman–Crippen LogP) is 3.68. The molecule has 0 bridgehead atoms. The Morgan fingerprint density at radius 1 is 1.15 bits per heavy atom. The summed E-state index contributed by atoms with van der Waals surface area (Å²) in [5.41, 5.74) is 1.01. The quantitative estimate of drug-likeness (QED) is 0.505. The molecule has 2 N–H and O–H groups in total. The molecule has 0 saturated carbocycles. The van der Waals surface area contributed by atoms with Crippen LogP contribution in [0, 0.1) is 0 Å². The molecule has 1 unspecified atom stereocenters. The molecular formula is C25H26N2O6. The zero-order valence-electron chi connectivity index (χ0n) is 18.7. The van der Waals surface area contributed by atoms with Crippen LogP contribution in [0.5, 0.6) is 11.5 Å². The van der Waals surface area contributed by atoms with Crippen molar-refractivity contribution in [2.24, 2.45) is 0 Å². The molecule has 0 spiro atoms. The summed E-state index contributed by atoms with van der Waals surface area (Å²) in [5.74, 6) is -1.61. The number of aliphatic hydroxyl groups is 1. The second kappa shape index (κ2) is 8.99. The zero-order chi connectivity index (χ0) is 23.7. The number of ketones is 1. The van der Waals surface area contributed by atoms with E-state index in [1.807, 2.05) is 31.1 Å². The maximum absolute atomic E-state index is 13.5. The molecule has 0 aliphatic carbocycles. The van der Waals surface area contributed by atoms with Gasteiger partial charge in [-0.15, -0.1) is 0 Å². The van der Waals surface area contributed by atoms with Gasteiger partial charge in [0.05, 0.1) is 18.7 Å². The molecule has 172 valence electrons. The molecule has 8 heteroatoms. The number of carbonyl (C=O) groups is 2. The lowest BCUT2D eigenvalue weighted by Crippen LogP contribution is -2.33.